The van der Waals surface area contributed by atoms with Gasteiger partial charge in [-0.3, -0.25) is 0 Å². The molecule has 90 valence electrons. The highest BCUT2D eigenvalue weighted by molar-refractivity contribution is 9.10. The summed E-state index contributed by atoms with van der Waals surface area (Å²) in [4.78, 5) is 12.0. The minimum absolute atomic E-state index is 0.195. The van der Waals surface area contributed by atoms with Crippen LogP contribution in [0.15, 0.2) is 17.0 Å². The van der Waals surface area contributed by atoms with Crippen molar-refractivity contribution in [3.05, 3.63) is 22.7 Å². The van der Waals surface area contributed by atoms with Gasteiger partial charge in [0.1, 0.15) is 10.3 Å². The first-order valence-corrected chi connectivity index (χ1v) is 5.73. The first-order valence-electron chi connectivity index (χ1n) is 4.94. The Balaban J connectivity index is 2.42. The molecule has 2 aromatic rings. The van der Waals surface area contributed by atoms with Crippen molar-refractivity contribution in [2.24, 2.45) is 0 Å². The summed E-state index contributed by atoms with van der Waals surface area (Å²) in [6, 6.07) is -0.433. The molecule has 17 heavy (non-hydrogen) atoms. The average Bonchev–Trinajstić information content (AvgIpc) is 2.83. The maximum absolute atomic E-state index is 12.0. The molecule has 0 unspecified atom stereocenters. The quantitative estimate of drug-likeness (QED) is 0.735. The molecule has 8 heteroatoms. The highest BCUT2D eigenvalue weighted by Gasteiger charge is 2.26. The van der Waals surface area contributed by atoms with Crippen molar-refractivity contribution in [3.63, 3.8) is 0 Å². The maximum atomic E-state index is 12.0. The first kappa shape index (κ1) is 11.9. The second-order valence-corrected chi connectivity index (χ2v) is 5.27. The zero-order chi connectivity index (χ0) is 12.6. The summed E-state index contributed by atoms with van der Waals surface area (Å²) in [5.41, 5.74) is 0.519. The summed E-state index contributed by atoms with van der Waals surface area (Å²) in [6.07, 6.45) is 2.88. The number of hydrogen-bond acceptors (Lipinski definition) is 5. The van der Waals surface area contributed by atoms with Crippen LogP contribution in [0.2, 0.25) is 0 Å². The van der Waals surface area contributed by atoms with Gasteiger partial charge in [-0.1, -0.05) is 31.2 Å². The molecule has 0 bridgehead atoms. The predicted octanol–water partition coefficient (Wildman–Crippen LogP) is 1.45. The summed E-state index contributed by atoms with van der Waals surface area (Å²) >= 11 is 3.33. The molecule has 0 radical (unpaired) electrons. The molecular weight excluding hydrogens is 288 g/mol. The third kappa shape index (κ3) is 2.12. The Morgan fingerprint density at radius 2 is 2.06 bits per heavy atom. The SMILES string of the molecule is CC(C)(C)c1nnn(C(=O)n2ccnn2)c1Br. The summed E-state index contributed by atoms with van der Waals surface area (Å²) in [7, 11) is 0. The Hall–Kier alpha value is -1.57. The van der Waals surface area contributed by atoms with E-state index in [1.807, 2.05) is 20.8 Å². The lowest BCUT2D eigenvalue weighted by Gasteiger charge is -2.14. The molecule has 0 aliphatic carbocycles. The lowest BCUT2D eigenvalue weighted by molar-refractivity contribution is 0.236. The zero-order valence-electron chi connectivity index (χ0n) is 9.62. The van der Waals surface area contributed by atoms with Gasteiger partial charge in [0.25, 0.3) is 0 Å². The van der Waals surface area contributed by atoms with Crippen LogP contribution in [-0.4, -0.2) is 36.0 Å². The number of halogens is 1. The van der Waals surface area contributed by atoms with E-state index in [0.717, 1.165) is 9.36 Å². The predicted molar refractivity (Wildman–Crippen MR) is 62.6 cm³/mol. The van der Waals surface area contributed by atoms with Crippen molar-refractivity contribution in [1.29, 1.82) is 0 Å². The van der Waals surface area contributed by atoms with Crippen molar-refractivity contribution in [2.75, 3.05) is 0 Å². The molecule has 0 N–H and O–H groups in total. The van der Waals surface area contributed by atoms with Crippen LogP contribution in [0.5, 0.6) is 0 Å². The van der Waals surface area contributed by atoms with Gasteiger partial charge in [-0.05, 0) is 15.9 Å². The van der Waals surface area contributed by atoms with E-state index >= 15 is 0 Å². The Bertz CT molecular complexity index is 538. The molecule has 2 heterocycles. The third-order valence-corrected chi connectivity index (χ3v) is 2.84. The standard InChI is InChI=1S/C9H11BrN6O/c1-9(2,3)6-7(10)16(14-12-6)8(17)15-5-4-11-13-15/h4-5H,1-3H3. The second-order valence-electron chi connectivity index (χ2n) is 4.52. The topological polar surface area (TPSA) is 78.5 Å². The van der Waals surface area contributed by atoms with Crippen molar-refractivity contribution >= 4 is 22.0 Å². The minimum Gasteiger partial charge on any atom is -0.243 e. The lowest BCUT2D eigenvalue weighted by atomic mass is 9.93. The summed E-state index contributed by atoms with van der Waals surface area (Å²) in [5, 5.41) is 15.0. The normalized spacial score (nSPS) is 11.8. The maximum Gasteiger partial charge on any atom is 0.373 e. The molecule has 0 aliphatic rings. The molecule has 0 saturated heterocycles. The van der Waals surface area contributed by atoms with Gasteiger partial charge in [-0.15, -0.1) is 10.2 Å². The van der Waals surface area contributed by atoms with Gasteiger partial charge >= 0.3 is 6.03 Å². The number of nitrogens with zero attached hydrogens (tertiary/aromatic N) is 6. The molecule has 0 saturated carbocycles. The molecule has 0 amide bonds. The van der Waals surface area contributed by atoms with Crippen LogP contribution < -0.4 is 0 Å². The Labute approximate surface area is 106 Å². The number of hydrogen-bond donors (Lipinski definition) is 0. The van der Waals surface area contributed by atoms with E-state index in [-0.39, 0.29) is 5.41 Å². The van der Waals surface area contributed by atoms with E-state index in [1.165, 1.54) is 12.4 Å². The van der Waals surface area contributed by atoms with Crippen molar-refractivity contribution in [2.45, 2.75) is 26.2 Å². The van der Waals surface area contributed by atoms with Crippen LogP contribution in [0.3, 0.4) is 0 Å². The molecule has 0 aromatic carbocycles. The van der Waals surface area contributed by atoms with Crippen LogP contribution in [0.1, 0.15) is 26.5 Å². The molecule has 0 atom stereocenters. The molecule has 0 fully saturated rings. The number of carbonyl (C=O) groups is 1. The van der Waals surface area contributed by atoms with Crippen LogP contribution in [-0.2, 0) is 5.41 Å². The fourth-order valence-corrected chi connectivity index (χ4v) is 2.16. The van der Waals surface area contributed by atoms with E-state index in [0.29, 0.717) is 10.3 Å². The summed E-state index contributed by atoms with van der Waals surface area (Å²) in [6.45, 7) is 5.98. The van der Waals surface area contributed by atoms with E-state index < -0.39 is 6.03 Å². The molecule has 2 rings (SSSR count). The van der Waals surface area contributed by atoms with Crippen LogP contribution >= 0.6 is 15.9 Å². The minimum atomic E-state index is -0.433. The van der Waals surface area contributed by atoms with Gasteiger partial charge < -0.3 is 0 Å². The average molecular weight is 299 g/mol. The van der Waals surface area contributed by atoms with Gasteiger partial charge in [-0.25, -0.2) is 4.79 Å². The Kier molecular flexibility index (Phi) is 2.82. The van der Waals surface area contributed by atoms with E-state index in [9.17, 15) is 4.79 Å². The van der Waals surface area contributed by atoms with Crippen LogP contribution in [0.4, 0.5) is 4.79 Å². The van der Waals surface area contributed by atoms with Crippen LogP contribution in [0.25, 0.3) is 0 Å². The smallest absolute Gasteiger partial charge is 0.243 e. The van der Waals surface area contributed by atoms with Crippen molar-refractivity contribution in [1.82, 2.24) is 30.0 Å². The second kappa shape index (κ2) is 4.02. The van der Waals surface area contributed by atoms with Crippen molar-refractivity contribution < 1.29 is 4.79 Å². The largest absolute Gasteiger partial charge is 0.373 e. The Morgan fingerprint density at radius 1 is 1.35 bits per heavy atom. The van der Waals surface area contributed by atoms with Gasteiger partial charge in [0.15, 0.2) is 0 Å². The van der Waals surface area contributed by atoms with E-state index in [4.69, 9.17) is 0 Å². The highest BCUT2D eigenvalue weighted by Crippen LogP contribution is 2.27. The molecular formula is C9H11BrN6O. The molecule has 7 nitrogen and oxygen atoms in total. The van der Waals surface area contributed by atoms with E-state index in [2.05, 4.69) is 36.6 Å². The third-order valence-electron chi connectivity index (χ3n) is 2.13. The fourth-order valence-electron chi connectivity index (χ4n) is 1.26. The van der Waals surface area contributed by atoms with Crippen molar-refractivity contribution in [3.8, 4) is 0 Å². The first-order chi connectivity index (χ1) is 7.91. The van der Waals surface area contributed by atoms with Gasteiger partial charge in [-0.2, -0.15) is 9.36 Å². The summed E-state index contributed by atoms with van der Waals surface area (Å²) < 4.78 is 2.77. The van der Waals surface area contributed by atoms with E-state index in [1.54, 1.807) is 0 Å². The lowest BCUT2D eigenvalue weighted by Crippen LogP contribution is -2.22. The zero-order valence-corrected chi connectivity index (χ0v) is 11.2. The number of rotatable bonds is 0. The summed E-state index contributed by atoms with van der Waals surface area (Å²) in [5.74, 6) is 0. The molecule has 0 aliphatic heterocycles. The van der Waals surface area contributed by atoms with Crippen LogP contribution in [0, 0.1) is 0 Å². The number of aromatic nitrogens is 6. The molecule has 2 aromatic heterocycles. The number of carbonyl (C=O) groups excluding carboxylic acids is 1. The van der Waals surface area contributed by atoms with Gasteiger partial charge in [0.2, 0.25) is 0 Å². The van der Waals surface area contributed by atoms with Gasteiger partial charge in [0, 0.05) is 5.41 Å². The molecule has 0 spiro atoms. The monoisotopic (exact) mass is 298 g/mol. The highest BCUT2D eigenvalue weighted by atomic mass is 79.9. The fraction of sp³-hybridized carbons (Fsp3) is 0.444. The Morgan fingerprint density at radius 3 is 2.53 bits per heavy atom. The van der Waals surface area contributed by atoms with Gasteiger partial charge in [0.05, 0.1) is 12.4 Å².